The summed E-state index contributed by atoms with van der Waals surface area (Å²) in [6, 6.07) is 0. The number of hydrogen-bond acceptors (Lipinski definition) is 2. The van der Waals surface area contributed by atoms with Gasteiger partial charge in [0, 0.05) is 11.6 Å². The molecule has 0 spiro atoms. The van der Waals surface area contributed by atoms with Crippen LogP contribution in [0.2, 0.25) is 0 Å². The van der Waals surface area contributed by atoms with Crippen molar-refractivity contribution in [1.82, 2.24) is 0 Å². The second-order valence-corrected chi connectivity index (χ2v) is 2.71. The maximum atomic E-state index is 5.49. The van der Waals surface area contributed by atoms with Gasteiger partial charge < -0.3 is 5.73 Å². The molecule has 1 aliphatic heterocycles. The molecule has 0 bridgehead atoms. The molecule has 0 radical (unpaired) electrons. The van der Waals surface area contributed by atoms with Gasteiger partial charge in [-0.3, -0.25) is 4.99 Å². The third kappa shape index (κ3) is 0.868. The molecule has 2 nitrogen and oxygen atoms in total. The van der Waals surface area contributed by atoms with Crippen LogP contribution in [0, 0.1) is 5.92 Å². The first-order chi connectivity index (χ1) is 4.36. The number of amidine groups is 1. The molecule has 0 saturated heterocycles. The van der Waals surface area contributed by atoms with Crippen LogP contribution >= 0.6 is 0 Å². The first-order valence-electron chi connectivity index (χ1n) is 3.39. The third-order valence-corrected chi connectivity index (χ3v) is 1.79. The normalized spacial score (nSPS) is 24.9. The average Bonchev–Trinajstić information content (AvgIpc) is 2.58. The first-order valence-corrected chi connectivity index (χ1v) is 3.39. The van der Waals surface area contributed by atoms with Gasteiger partial charge in [-0.05, 0) is 12.8 Å². The summed E-state index contributed by atoms with van der Waals surface area (Å²) in [4.78, 5) is 4.21. The molecule has 1 fully saturated rings. The number of nitrogens with two attached hydrogens (primary N) is 1. The fourth-order valence-electron chi connectivity index (χ4n) is 1.10. The molecule has 0 unspecified atom stereocenters. The highest BCUT2D eigenvalue weighted by atomic mass is 14.9. The summed E-state index contributed by atoms with van der Waals surface area (Å²) < 4.78 is 0. The number of hydrogen-bond donors (Lipinski definition) is 1. The Morgan fingerprint density at radius 3 is 2.89 bits per heavy atom. The predicted octanol–water partition coefficient (Wildman–Crippen LogP) is 0.00260. The van der Waals surface area contributed by atoms with Crippen LogP contribution < -0.4 is 5.73 Å². The lowest BCUT2D eigenvalue weighted by molar-refractivity contribution is 0.990. The van der Waals surface area contributed by atoms with E-state index < -0.39 is 0 Å². The number of allylic oxidation sites excluding steroid dienone is 1. The van der Waals surface area contributed by atoms with Gasteiger partial charge in [-0.25, -0.2) is 0 Å². The van der Waals surface area contributed by atoms with Crippen molar-refractivity contribution in [3.05, 3.63) is 11.7 Å². The van der Waals surface area contributed by atoms with Crippen molar-refractivity contribution >= 4 is 13.0 Å². The highest BCUT2D eigenvalue weighted by Gasteiger charge is 2.27. The SMILES string of the molecule is NC1=NC(C2CC2)=CB1. The average molecular weight is 120 g/mol. The van der Waals surface area contributed by atoms with Gasteiger partial charge in [-0.2, -0.15) is 0 Å². The molecule has 2 rings (SSSR count). The van der Waals surface area contributed by atoms with Gasteiger partial charge in [0.15, 0.2) is 0 Å². The number of nitrogens with zero attached hydrogens (tertiary/aromatic N) is 1. The molecule has 2 N–H and O–H groups in total. The summed E-state index contributed by atoms with van der Waals surface area (Å²) in [6.07, 6.45) is 2.64. The standard InChI is InChI=1S/C6H9BN2/c8-6-7-3-5(9-6)4-1-2-4/h3-4,7H,1-2H2,(H2,8,9). The maximum absolute atomic E-state index is 5.49. The van der Waals surface area contributed by atoms with Crippen molar-refractivity contribution in [3.63, 3.8) is 0 Å². The lowest BCUT2D eigenvalue weighted by atomic mass is 9.78. The van der Waals surface area contributed by atoms with Gasteiger partial charge in [0.1, 0.15) is 0 Å². The summed E-state index contributed by atoms with van der Waals surface area (Å²) in [6.45, 7) is 0. The first kappa shape index (κ1) is 5.09. The zero-order valence-corrected chi connectivity index (χ0v) is 5.30. The summed E-state index contributed by atoms with van der Waals surface area (Å²) in [7, 11) is 0.881. The Bertz CT molecular complexity index is 191. The Kier molecular flexibility index (Phi) is 0.919. The van der Waals surface area contributed by atoms with Gasteiger partial charge in [0.25, 0.3) is 0 Å². The molecular weight excluding hydrogens is 111 g/mol. The van der Waals surface area contributed by atoms with Crippen LogP contribution in [-0.4, -0.2) is 13.0 Å². The number of rotatable bonds is 1. The molecule has 0 amide bonds. The molecule has 9 heavy (non-hydrogen) atoms. The van der Waals surface area contributed by atoms with Crippen LogP contribution in [-0.2, 0) is 0 Å². The van der Waals surface area contributed by atoms with E-state index in [9.17, 15) is 0 Å². The van der Waals surface area contributed by atoms with Crippen LogP contribution in [0.4, 0.5) is 0 Å². The van der Waals surface area contributed by atoms with Crippen molar-refractivity contribution in [1.29, 1.82) is 0 Å². The Morgan fingerprint density at radius 1 is 1.67 bits per heavy atom. The Morgan fingerprint density at radius 2 is 2.44 bits per heavy atom. The van der Waals surface area contributed by atoms with Gasteiger partial charge in [-0.15, -0.1) is 0 Å². The third-order valence-electron chi connectivity index (χ3n) is 1.79. The lowest BCUT2D eigenvalue weighted by Gasteiger charge is -1.89. The van der Waals surface area contributed by atoms with Crippen LogP contribution in [0.25, 0.3) is 0 Å². The lowest BCUT2D eigenvalue weighted by Crippen LogP contribution is -2.14. The molecule has 2 aliphatic rings. The second-order valence-electron chi connectivity index (χ2n) is 2.71. The van der Waals surface area contributed by atoms with E-state index in [-0.39, 0.29) is 0 Å². The molecule has 3 heteroatoms. The maximum Gasteiger partial charge on any atom is 0.230 e. The topological polar surface area (TPSA) is 38.4 Å². The van der Waals surface area contributed by atoms with Gasteiger partial charge >= 0.3 is 0 Å². The minimum Gasteiger partial charge on any atom is -0.395 e. The molecule has 1 aliphatic carbocycles. The fraction of sp³-hybridized carbons (Fsp3) is 0.500. The smallest absolute Gasteiger partial charge is 0.230 e. The molecule has 0 atom stereocenters. The van der Waals surface area contributed by atoms with Crippen LogP contribution in [0.15, 0.2) is 16.7 Å². The highest BCUT2D eigenvalue weighted by Crippen LogP contribution is 2.37. The molecule has 0 aromatic heterocycles. The second kappa shape index (κ2) is 1.63. The van der Waals surface area contributed by atoms with Crippen LogP contribution in [0.1, 0.15) is 12.8 Å². The molecule has 46 valence electrons. The zero-order chi connectivity index (χ0) is 6.27. The van der Waals surface area contributed by atoms with Crippen molar-refractivity contribution in [3.8, 4) is 0 Å². The summed E-state index contributed by atoms with van der Waals surface area (Å²) in [5.74, 6) is 2.92. The Labute approximate surface area is 55.1 Å². The van der Waals surface area contributed by atoms with Crippen molar-refractivity contribution in [2.24, 2.45) is 16.6 Å². The Balaban J connectivity index is 2.12. The van der Waals surface area contributed by atoms with E-state index in [1.165, 1.54) is 18.5 Å². The van der Waals surface area contributed by atoms with E-state index in [0.29, 0.717) is 0 Å². The van der Waals surface area contributed by atoms with Crippen molar-refractivity contribution < 1.29 is 0 Å². The van der Waals surface area contributed by atoms with E-state index in [2.05, 4.69) is 11.0 Å². The molecular formula is C6H9BN2. The molecule has 1 saturated carbocycles. The van der Waals surface area contributed by atoms with Gasteiger partial charge in [-0.1, -0.05) is 5.98 Å². The predicted molar refractivity (Wildman–Crippen MR) is 39.6 cm³/mol. The zero-order valence-electron chi connectivity index (χ0n) is 5.30. The van der Waals surface area contributed by atoms with E-state index in [1.807, 2.05) is 0 Å². The monoisotopic (exact) mass is 120 g/mol. The van der Waals surface area contributed by atoms with Gasteiger partial charge in [0.05, 0.1) is 5.73 Å². The van der Waals surface area contributed by atoms with E-state index >= 15 is 0 Å². The molecule has 1 heterocycles. The largest absolute Gasteiger partial charge is 0.395 e. The molecule has 0 aromatic carbocycles. The minimum absolute atomic E-state index is 0.769. The fourth-order valence-corrected chi connectivity index (χ4v) is 1.10. The Hall–Kier alpha value is -0.725. The van der Waals surface area contributed by atoms with E-state index in [0.717, 1.165) is 18.9 Å². The van der Waals surface area contributed by atoms with E-state index in [4.69, 9.17) is 5.73 Å². The summed E-state index contributed by atoms with van der Waals surface area (Å²) >= 11 is 0. The van der Waals surface area contributed by atoms with Crippen LogP contribution in [0.3, 0.4) is 0 Å². The van der Waals surface area contributed by atoms with Crippen LogP contribution in [0.5, 0.6) is 0 Å². The quantitative estimate of drug-likeness (QED) is 0.486. The van der Waals surface area contributed by atoms with Gasteiger partial charge in [0.2, 0.25) is 7.28 Å². The summed E-state index contributed by atoms with van der Waals surface area (Å²) in [5.41, 5.74) is 7.52. The number of aliphatic imine (C=N–C) groups is 1. The minimum atomic E-state index is 0.769. The van der Waals surface area contributed by atoms with Crippen molar-refractivity contribution in [2.45, 2.75) is 12.8 Å². The summed E-state index contributed by atoms with van der Waals surface area (Å²) in [5, 5.41) is 0. The van der Waals surface area contributed by atoms with Crippen molar-refractivity contribution in [2.75, 3.05) is 0 Å². The molecule has 0 aromatic rings. The van der Waals surface area contributed by atoms with E-state index in [1.54, 1.807) is 0 Å². The highest BCUT2D eigenvalue weighted by molar-refractivity contribution is 6.79.